The highest BCUT2D eigenvalue weighted by molar-refractivity contribution is 6.06. The molecule has 0 aliphatic heterocycles. The average Bonchev–Trinajstić information content (AvgIpc) is 2.81. The molecule has 1 aromatic carbocycles. The van der Waals surface area contributed by atoms with E-state index in [-0.39, 0.29) is 0 Å². The SMILES string of the molecule is CCC(C)(C)CC(C)n1c2ccccc2c2cccnc21. The summed E-state index contributed by atoms with van der Waals surface area (Å²) < 4.78 is 2.42. The largest absolute Gasteiger partial charge is 0.322 e. The number of aromatic nitrogens is 2. The van der Waals surface area contributed by atoms with Crippen molar-refractivity contribution in [1.82, 2.24) is 9.55 Å². The minimum absolute atomic E-state index is 0.353. The van der Waals surface area contributed by atoms with Crippen molar-refractivity contribution in [2.75, 3.05) is 0 Å². The van der Waals surface area contributed by atoms with E-state index in [9.17, 15) is 0 Å². The zero-order chi connectivity index (χ0) is 15.0. The minimum atomic E-state index is 0.353. The molecular formula is C19H24N2. The maximum atomic E-state index is 4.66. The molecule has 3 rings (SSSR count). The predicted molar refractivity (Wildman–Crippen MR) is 90.6 cm³/mol. The van der Waals surface area contributed by atoms with Crippen LogP contribution in [0, 0.1) is 5.41 Å². The van der Waals surface area contributed by atoms with Crippen LogP contribution in [0.3, 0.4) is 0 Å². The molecule has 0 N–H and O–H groups in total. The van der Waals surface area contributed by atoms with Crippen molar-refractivity contribution < 1.29 is 0 Å². The predicted octanol–water partition coefficient (Wildman–Crippen LogP) is 5.58. The molecule has 0 bridgehead atoms. The van der Waals surface area contributed by atoms with Crippen molar-refractivity contribution in [2.45, 2.75) is 46.6 Å². The summed E-state index contributed by atoms with van der Waals surface area (Å²) in [7, 11) is 0. The number of hydrogen-bond acceptors (Lipinski definition) is 1. The lowest BCUT2D eigenvalue weighted by molar-refractivity contribution is 0.272. The smallest absolute Gasteiger partial charge is 0.141 e. The summed E-state index contributed by atoms with van der Waals surface area (Å²) in [5.41, 5.74) is 2.76. The van der Waals surface area contributed by atoms with Crippen molar-refractivity contribution in [3.05, 3.63) is 42.6 Å². The summed E-state index contributed by atoms with van der Waals surface area (Å²) in [5, 5.41) is 2.57. The maximum Gasteiger partial charge on any atom is 0.141 e. The van der Waals surface area contributed by atoms with Crippen LogP contribution >= 0.6 is 0 Å². The molecule has 0 aliphatic carbocycles. The molecule has 21 heavy (non-hydrogen) atoms. The second kappa shape index (κ2) is 5.18. The van der Waals surface area contributed by atoms with Crippen LogP contribution in [0.2, 0.25) is 0 Å². The van der Waals surface area contributed by atoms with Gasteiger partial charge >= 0.3 is 0 Å². The summed E-state index contributed by atoms with van der Waals surface area (Å²) in [6.45, 7) is 9.30. The Morgan fingerprint density at radius 1 is 1.10 bits per heavy atom. The van der Waals surface area contributed by atoms with E-state index >= 15 is 0 Å². The summed E-state index contributed by atoms with van der Waals surface area (Å²) >= 11 is 0. The Bertz CT molecular complexity index is 714. The quantitative estimate of drug-likeness (QED) is 0.610. The lowest BCUT2D eigenvalue weighted by Gasteiger charge is -2.28. The molecule has 0 spiro atoms. The summed E-state index contributed by atoms with van der Waals surface area (Å²) in [6, 6.07) is 13.3. The molecule has 3 aromatic rings. The first kappa shape index (κ1) is 14.1. The van der Waals surface area contributed by atoms with Gasteiger partial charge in [-0.05, 0) is 37.0 Å². The maximum absolute atomic E-state index is 4.66. The molecule has 0 saturated carbocycles. The number of nitrogens with zero attached hydrogens (tertiary/aromatic N) is 2. The van der Waals surface area contributed by atoms with Crippen molar-refractivity contribution in [3.8, 4) is 0 Å². The summed E-state index contributed by atoms with van der Waals surface area (Å²) in [5.74, 6) is 0. The van der Waals surface area contributed by atoms with E-state index in [0.29, 0.717) is 11.5 Å². The van der Waals surface area contributed by atoms with Crippen molar-refractivity contribution >= 4 is 21.9 Å². The van der Waals surface area contributed by atoms with E-state index in [1.54, 1.807) is 0 Å². The van der Waals surface area contributed by atoms with Gasteiger partial charge in [0.15, 0.2) is 0 Å². The number of benzene rings is 1. The molecule has 2 nitrogen and oxygen atoms in total. The zero-order valence-electron chi connectivity index (χ0n) is 13.4. The average molecular weight is 280 g/mol. The van der Waals surface area contributed by atoms with Gasteiger partial charge in [0.1, 0.15) is 5.65 Å². The highest BCUT2D eigenvalue weighted by Crippen LogP contribution is 2.36. The molecule has 0 fully saturated rings. The minimum Gasteiger partial charge on any atom is -0.322 e. The van der Waals surface area contributed by atoms with Crippen LogP contribution in [0.25, 0.3) is 21.9 Å². The monoisotopic (exact) mass is 280 g/mol. The third kappa shape index (κ3) is 2.44. The first-order valence-electron chi connectivity index (χ1n) is 7.87. The van der Waals surface area contributed by atoms with Crippen LogP contribution in [0.5, 0.6) is 0 Å². The Morgan fingerprint density at radius 2 is 1.81 bits per heavy atom. The van der Waals surface area contributed by atoms with Crippen LogP contribution < -0.4 is 0 Å². The molecule has 1 unspecified atom stereocenters. The molecule has 2 heterocycles. The topological polar surface area (TPSA) is 17.8 Å². The second-order valence-electron chi connectivity index (χ2n) is 6.83. The molecule has 0 saturated heterocycles. The van der Waals surface area contributed by atoms with Gasteiger partial charge in [-0.25, -0.2) is 4.98 Å². The number of rotatable bonds is 4. The number of para-hydroxylation sites is 1. The molecule has 0 amide bonds. The van der Waals surface area contributed by atoms with Gasteiger partial charge in [-0.1, -0.05) is 45.4 Å². The molecular weight excluding hydrogens is 256 g/mol. The normalized spacial score (nSPS) is 13.9. The Labute approximate surface area is 126 Å². The Hall–Kier alpha value is -1.83. The fourth-order valence-electron chi connectivity index (χ4n) is 3.31. The summed E-state index contributed by atoms with van der Waals surface area (Å²) in [4.78, 5) is 4.66. The highest BCUT2D eigenvalue weighted by Gasteiger charge is 2.22. The molecule has 2 heteroatoms. The van der Waals surface area contributed by atoms with E-state index in [0.717, 1.165) is 12.1 Å². The van der Waals surface area contributed by atoms with Crippen LogP contribution in [-0.4, -0.2) is 9.55 Å². The van der Waals surface area contributed by atoms with Crippen LogP contribution in [0.4, 0.5) is 0 Å². The lowest BCUT2D eigenvalue weighted by Crippen LogP contribution is -2.17. The first-order valence-corrected chi connectivity index (χ1v) is 7.87. The standard InChI is InChI=1S/C19H24N2/c1-5-19(3,4)13-14(2)21-17-11-7-6-9-15(17)16-10-8-12-20-18(16)21/h6-12,14H,5,13H2,1-4H3. The van der Waals surface area contributed by atoms with E-state index < -0.39 is 0 Å². The molecule has 1 atom stereocenters. The van der Waals surface area contributed by atoms with Gasteiger partial charge in [0.2, 0.25) is 0 Å². The third-order valence-corrected chi connectivity index (χ3v) is 4.71. The second-order valence-corrected chi connectivity index (χ2v) is 6.83. The van der Waals surface area contributed by atoms with Gasteiger partial charge in [0, 0.05) is 23.0 Å². The Kier molecular flexibility index (Phi) is 3.48. The van der Waals surface area contributed by atoms with E-state index in [1.165, 1.54) is 22.7 Å². The van der Waals surface area contributed by atoms with Crippen LogP contribution in [0.15, 0.2) is 42.6 Å². The van der Waals surface area contributed by atoms with Gasteiger partial charge in [0.25, 0.3) is 0 Å². The van der Waals surface area contributed by atoms with Crippen molar-refractivity contribution in [3.63, 3.8) is 0 Å². The number of hydrogen-bond donors (Lipinski definition) is 0. The highest BCUT2D eigenvalue weighted by atomic mass is 15.1. The van der Waals surface area contributed by atoms with Gasteiger partial charge in [-0.15, -0.1) is 0 Å². The Morgan fingerprint density at radius 3 is 2.57 bits per heavy atom. The molecule has 0 aliphatic rings. The van der Waals surface area contributed by atoms with Crippen molar-refractivity contribution in [2.24, 2.45) is 5.41 Å². The zero-order valence-corrected chi connectivity index (χ0v) is 13.4. The van der Waals surface area contributed by atoms with Gasteiger partial charge in [-0.2, -0.15) is 0 Å². The van der Waals surface area contributed by atoms with E-state index in [4.69, 9.17) is 0 Å². The summed E-state index contributed by atoms with van der Waals surface area (Å²) in [6.07, 6.45) is 4.26. The van der Waals surface area contributed by atoms with Crippen LogP contribution in [0.1, 0.15) is 46.6 Å². The Balaban J connectivity index is 2.20. The fourth-order valence-corrected chi connectivity index (χ4v) is 3.31. The van der Waals surface area contributed by atoms with E-state index in [2.05, 4.69) is 67.6 Å². The molecule has 2 aromatic heterocycles. The van der Waals surface area contributed by atoms with Crippen LogP contribution in [-0.2, 0) is 0 Å². The van der Waals surface area contributed by atoms with Crippen molar-refractivity contribution in [1.29, 1.82) is 0 Å². The third-order valence-electron chi connectivity index (χ3n) is 4.71. The van der Waals surface area contributed by atoms with Gasteiger partial charge in [0.05, 0.1) is 5.52 Å². The first-order chi connectivity index (χ1) is 10.0. The lowest BCUT2D eigenvalue weighted by atomic mass is 9.83. The fraction of sp³-hybridized carbons (Fsp3) is 0.421. The van der Waals surface area contributed by atoms with E-state index in [1.807, 2.05) is 12.3 Å². The molecule has 110 valence electrons. The van der Waals surface area contributed by atoms with Gasteiger partial charge < -0.3 is 4.57 Å². The van der Waals surface area contributed by atoms with Gasteiger partial charge in [-0.3, -0.25) is 0 Å². The number of pyridine rings is 1. The molecule has 0 radical (unpaired) electrons. The number of fused-ring (bicyclic) bond motifs is 3.